The number of benzene rings is 1. The van der Waals surface area contributed by atoms with E-state index in [9.17, 15) is 9.59 Å². The van der Waals surface area contributed by atoms with Crippen molar-refractivity contribution in [3.05, 3.63) is 45.4 Å². The molecule has 0 spiro atoms. The fourth-order valence-corrected chi connectivity index (χ4v) is 3.80. The van der Waals surface area contributed by atoms with Crippen molar-refractivity contribution in [2.45, 2.75) is 37.4 Å². The molecule has 24 heavy (non-hydrogen) atoms. The second-order valence-corrected chi connectivity index (χ2v) is 6.80. The van der Waals surface area contributed by atoms with E-state index in [1.54, 1.807) is 11.7 Å². The monoisotopic (exact) mass is 347 g/mol. The van der Waals surface area contributed by atoms with Gasteiger partial charge in [-0.2, -0.15) is 0 Å². The number of fused-ring (bicyclic) bond motifs is 1. The molecule has 1 aliphatic rings. The second-order valence-electron chi connectivity index (χ2n) is 5.86. The van der Waals surface area contributed by atoms with Crippen LogP contribution >= 0.6 is 11.8 Å². The number of hydrogen-bond acceptors (Lipinski definition) is 5. The molecular formula is C17H21N3O3S. The molecule has 0 atom stereocenters. The lowest BCUT2D eigenvalue weighted by molar-refractivity contribution is 0.102. The number of aromatic nitrogens is 3. The Labute approximate surface area is 144 Å². The van der Waals surface area contributed by atoms with Crippen LogP contribution in [0.4, 0.5) is 0 Å². The van der Waals surface area contributed by atoms with Crippen LogP contribution in [0.15, 0.2) is 28.2 Å². The molecule has 0 saturated carbocycles. The highest BCUT2D eigenvalue weighted by Gasteiger charge is 2.16. The molecule has 128 valence electrons. The highest BCUT2D eigenvalue weighted by Crippen LogP contribution is 2.24. The Bertz CT molecular complexity index is 782. The third kappa shape index (κ3) is 3.79. The molecule has 0 fully saturated rings. The Hall–Kier alpha value is -1.86. The number of thioether (sulfide) groups is 1. The van der Waals surface area contributed by atoms with E-state index in [1.165, 1.54) is 29.3 Å². The Balaban J connectivity index is 1.63. The summed E-state index contributed by atoms with van der Waals surface area (Å²) in [6.07, 6.45) is 4.06. The predicted octanol–water partition coefficient (Wildman–Crippen LogP) is 2.07. The molecular weight excluding hydrogens is 326 g/mol. The largest absolute Gasteiger partial charge is 0.385 e. The van der Waals surface area contributed by atoms with Crippen LogP contribution in [0.5, 0.6) is 0 Å². The van der Waals surface area contributed by atoms with Crippen molar-refractivity contribution < 1.29 is 9.53 Å². The van der Waals surface area contributed by atoms with Gasteiger partial charge in [-0.05, 0) is 42.9 Å². The second kappa shape index (κ2) is 7.81. The van der Waals surface area contributed by atoms with Crippen LogP contribution in [0.3, 0.4) is 0 Å². The minimum atomic E-state index is -0.251. The van der Waals surface area contributed by atoms with E-state index < -0.39 is 0 Å². The lowest BCUT2D eigenvalue weighted by Gasteiger charge is -2.06. The summed E-state index contributed by atoms with van der Waals surface area (Å²) in [6.45, 7) is 1.11. The van der Waals surface area contributed by atoms with Crippen molar-refractivity contribution in [3.63, 3.8) is 0 Å². The van der Waals surface area contributed by atoms with Gasteiger partial charge < -0.3 is 4.74 Å². The summed E-state index contributed by atoms with van der Waals surface area (Å²) in [6, 6.07) is 5.99. The predicted molar refractivity (Wildman–Crippen MR) is 92.9 cm³/mol. The molecule has 0 aliphatic heterocycles. The lowest BCUT2D eigenvalue weighted by Crippen LogP contribution is -2.18. The van der Waals surface area contributed by atoms with Crippen LogP contribution in [0.1, 0.15) is 34.3 Å². The quantitative estimate of drug-likeness (QED) is 0.449. The number of methoxy groups -OCH3 is 1. The maximum absolute atomic E-state index is 12.4. The van der Waals surface area contributed by atoms with E-state index in [1.807, 2.05) is 12.1 Å². The number of ketones is 1. The van der Waals surface area contributed by atoms with Crippen LogP contribution in [0.2, 0.25) is 0 Å². The smallest absolute Gasteiger partial charge is 0.343 e. The topological polar surface area (TPSA) is 77.0 Å². The van der Waals surface area contributed by atoms with Gasteiger partial charge in [0.25, 0.3) is 0 Å². The van der Waals surface area contributed by atoms with Gasteiger partial charge in [0.2, 0.25) is 0 Å². The van der Waals surface area contributed by atoms with E-state index in [2.05, 4.69) is 16.3 Å². The van der Waals surface area contributed by atoms with Crippen LogP contribution in [0.25, 0.3) is 0 Å². The number of carbonyl (C=O) groups excluding carboxylic acids is 1. The summed E-state index contributed by atoms with van der Waals surface area (Å²) >= 11 is 1.29. The number of hydrogen-bond donors (Lipinski definition) is 1. The fourth-order valence-electron chi connectivity index (χ4n) is 2.94. The molecule has 1 aromatic heterocycles. The zero-order valence-electron chi connectivity index (χ0n) is 13.7. The number of H-pyrrole nitrogens is 1. The van der Waals surface area contributed by atoms with Crippen molar-refractivity contribution in [2.24, 2.45) is 0 Å². The average molecular weight is 347 g/mol. The van der Waals surface area contributed by atoms with Crippen molar-refractivity contribution >= 4 is 17.5 Å². The first-order valence-corrected chi connectivity index (χ1v) is 9.09. The number of aryl methyl sites for hydroxylation is 2. The Morgan fingerprint density at radius 3 is 3.04 bits per heavy atom. The molecule has 2 aromatic rings. The van der Waals surface area contributed by atoms with Gasteiger partial charge >= 0.3 is 5.69 Å². The SMILES string of the molecule is COCCCn1c(SCC(=O)c2ccc3c(c2)CCC3)n[nH]c1=O. The molecule has 7 heteroatoms. The van der Waals surface area contributed by atoms with E-state index >= 15 is 0 Å². The number of nitrogens with zero attached hydrogens (tertiary/aromatic N) is 2. The highest BCUT2D eigenvalue weighted by atomic mass is 32.2. The van der Waals surface area contributed by atoms with Gasteiger partial charge in [0.1, 0.15) is 0 Å². The Morgan fingerprint density at radius 1 is 1.38 bits per heavy atom. The number of Topliss-reactive ketones (excluding diaryl/α,β-unsaturated/α-hetero) is 1. The molecule has 6 nitrogen and oxygen atoms in total. The molecule has 1 N–H and O–H groups in total. The van der Waals surface area contributed by atoms with Gasteiger partial charge in [-0.25, -0.2) is 9.89 Å². The minimum Gasteiger partial charge on any atom is -0.385 e. The molecule has 0 saturated heterocycles. The molecule has 0 amide bonds. The molecule has 0 unspecified atom stereocenters. The van der Waals surface area contributed by atoms with Crippen LogP contribution in [0, 0.1) is 0 Å². The van der Waals surface area contributed by atoms with Crippen LogP contribution in [-0.4, -0.2) is 40.0 Å². The van der Waals surface area contributed by atoms with Gasteiger partial charge in [-0.3, -0.25) is 9.36 Å². The summed E-state index contributed by atoms with van der Waals surface area (Å²) in [5, 5.41) is 7.01. The molecule has 1 aromatic carbocycles. The molecule has 0 bridgehead atoms. The zero-order chi connectivity index (χ0) is 16.9. The number of ether oxygens (including phenoxy) is 1. The molecule has 1 aliphatic carbocycles. The first-order valence-electron chi connectivity index (χ1n) is 8.11. The zero-order valence-corrected chi connectivity index (χ0v) is 14.5. The fraction of sp³-hybridized carbons (Fsp3) is 0.471. The number of aromatic amines is 1. The van der Waals surface area contributed by atoms with Crippen LogP contribution < -0.4 is 5.69 Å². The lowest BCUT2D eigenvalue weighted by atomic mass is 10.0. The van der Waals surface area contributed by atoms with Crippen molar-refractivity contribution in [3.8, 4) is 0 Å². The van der Waals surface area contributed by atoms with Gasteiger partial charge in [0, 0.05) is 25.8 Å². The summed E-state index contributed by atoms with van der Waals surface area (Å²) in [7, 11) is 1.63. The summed E-state index contributed by atoms with van der Waals surface area (Å²) < 4.78 is 6.56. The molecule has 0 radical (unpaired) electrons. The summed E-state index contributed by atoms with van der Waals surface area (Å²) in [5.41, 5.74) is 3.14. The first kappa shape index (κ1) is 17.0. The van der Waals surface area contributed by atoms with Gasteiger partial charge in [0.15, 0.2) is 10.9 Å². The third-order valence-electron chi connectivity index (χ3n) is 4.21. The molecule has 1 heterocycles. The number of rotatable bonds is 8. The molecule has 3 rings (SSSR count). The summed E-state index contributed by atoms with van der Waals surface area (Å²) in [4.78, 5) is 24.2. The standard InChI is InChI=1S/C17H21N3O3S/c1-23-9-3-8-20-16(22)18-19-17(20)24-11-15(21)14-7-6-12-4-2-5-13(12)10-14/h6-7,10H,2-5,8-9,11H2,1H3,(H,18,22). The van der Waals surface area contributed by atoms with Crippen molar-refractivity contribution in [2.75, 3.05) is 19.5 Å². The summed E-state index contributed by atoms with van der Waals surface area (Å²) in [5.74, 6) is 0.335. The Morgan fingerprint density at radius 2 is 2.21 bits per heavy atom. The van der Waals surface area contributed by atoms with E-state index in [0.29, 0.717) is 18.3 Å². The van der Waals surface area contributed by atoms with E-state index in [-0.39, 0.29) is 17.2 Å². The number of carbonyl (C=O) groups is 1. The average Bonchev–Trinajstić information content (AvgIpc) is 3.19. The number of nitrogens with one attached hydrogen (secondary N) is 1. The van der Waals surface area contributed by atoms with Crippen molar-refractivity contribution in [1.29, 1.82) is 0 Å². The maximum Gasteiger partial charge on any atom is 0.343 e. The normalized spacial score (nSPS) is 13.2. The van der Waals surface area contributed by atoms with Crippen molar-refractivity contribution in [1.82, 2.24) is 14.8 Å². The Kier molecular flexibility index (Phi) is 5.52. The van der Waals surface area contributed by atoms with Gasteiger partial charge in [-0.1, -0.05) is 23.9 Å². The van der Waals surface area contributed by atoms with Gasteiger partial charge in [0.05, 0.1) is 5.75 Å². The van der Waals surface area contributed by atoms with Gasteiger partial charge in [-0.15, -0.1) is 5.10 Å². The van der Waals surface area contributed by atoms with E-state index in [0.717, 1.165) is 24.8 Å². The van der Waals surface area contributed by atoms with Crippen LogP contribution in [-0.2, 0) is 24.1 Å². The third-order valence-corrected chi connectivity index (χ3v) is 5.18. The maximum atomic E-state index is 12.4. The highest BCUT2D eigenvalue weighted by molar-refractivity contribution is 7.99. The minimum absolute atomic E-state index is 0.0635. The van der Waals surface area contributed by atoms with E-state index in [4.69, 9.17) is 4.74 Å². The first-order chi connectivity index (χ1) is 11.7.